The minimum Gasteiger partial charge on any atom is -0.383 e. The maximum absolute atomic E-state index is 13.7. The molecule has 0 bridgehead atoms. The fourth-order valence-electron chi connectivity index (χ4n) is 3.98. The lowest BCUT2D eigenvalue weighted by Crippen LogP contribution is -2.31. The SMILES string of the molecule is C/C=C\C(=C/N(C)C(F)(F)F)Nc1nc(CN(CCOC)CCOC)nc2cc(-c3ncccc3C(F)(F)F)ccc12. The standard InChI is InChI=1S/C28H32F6N6O2/c1-5-7-20(17-39(2)28(32,33)34)36-26-21-10-9-19(25-22(27(29,30)31)8-6-11-35-25)16-23(21)37-24(38-26)18-40(12-14-41-3)13-15-42-4/h5-11,16-17H,12-15,18H2,1-4H3,(H,36,37,38)/b7-5-,20-17+. The van der Waals surface area contributed by atoms with Gasteiger partial charge >= 0.3 is 12.5 Å². The number of methoxy groups -OCH3 is 2. The Morgan fingerprint density at radius 1 is 1.00 bits per heavy atom. The molecule has 2 aromatic heterocycles. The first kappa shape index (κ1) is 32.8. The van der Waals surface area contributed by atoms with E-state index >= 15 is 0 Å². The number of rotatable bonds is 13. The Bertz CT molecular complexity index is 1390. The summed E-state index contributed by atoms with van der Waals surface area (Å²) in [6.07, 6.45) is -4.12. The summed E-state index contributed by atoms with van der Waals surface area (Å²) in [6.45, 7) is 3.69. The van der Waals surface area contributed by atoms with E-state index in [1.165, 1.54) is 36.5 Å². The Morgan fingerprint density at radius 2 is 1.69 bits per heavy atom. The second kappa shape index (κ2) is 14.4. The molecule has 14 heteroatoms. The normalized spacial score (nSPS) is 13.0. The van der Waals surface area contributed by atoms with Crippen LogP contribution in [0.2, 0.25) is 0 Å². The van der Waals surface area contributed by atoms with E-state index in [1.807, 2.05) is 4.90 Å². The summed E-state index contributed by atoms with van der Waals surface area (Å²) in [4.78, 5) is 15.2. The van der Waals surface area contributed by atoms with Crippen molar-refractivity contribution >= 4 is 16.7 Å². The van der Waals surface area contributed by atoms with E-state index in [-0.39, 0.29) is 45.6 Å². The van der Waals surface area contributed by atoms with Crippen molar-refractivity contribution in [2.24, 2.45) is 0 Å². The molecule has 0 saturated carbocycles. The fourth-order valence-corrected chi connectivity index (χ4v) is 3.98. The Kier molecular flexibility index (Phi) is 11.3. The van der Waals surface area contributed by atoms with Crippen LogP contribution in [0, 0.1) is 0 Å². The van der Waals surface area contributed by atoms with Gasteiger partial charge in [-0.25, -0.2) is 9.97 Å². The average Bonchev–Trinajstić information content (AvgIpc) is 2.93. The molecule has 0 spiro atoms. The predicted molar refractivity (Wildman–Crippen MR) is 147 cm³/mol. The van der Waals surface area contributed by atoms with Gasteiger partial charge < -0.3 is 14.8 Å². The maximum atomic E-state index is 13.7. The third-order valence-corrected chi connectivity index (χ3v) is 6.06. The molecule has 8 nitrogen and oxygen atoms in total. The fraction of sp³-hybridized carbons (Fsp3) is 0.393. The number of alkyl halides is 6. The molecule has 0 unspecified atom stereocenters. The lowest BCUT2D eigenvalue weighted by Gasteiger charge is -2.22. The quantitative estimate of drug-likeness (QED) is 0.144. The van der Waals surface area contributed by atoms with Crippen LogP contribution in [0.25, 0.3) is 22.2 Å². The van der Waals surface area contributed by atoms with Gasteiger partial charge in [0.05, 0.1) is 42.2 Å². The number of hydrogen-bond acceptors (Lipinski definition) is 8. The summed E-state index contributed by atoms with van der Waals surface area (Å²) in [5.41, 5.74) is -0.656. The average molecular weight is 599 g/mol. The Morgan fingerprint density at radius 3 is 2.29 bits per heavy atom. The van der Waals surface area contributed by atoms with Crippen LogP contribution in [0.3, 0.4) is 0 Å². The molecule has 42 heavy (non-hydrogen) atoms. The number of aromatic nitrogens is 3. The predicted octanol–water partition coefficient (Wildman–Crippen LogP) is 6.09. The van der Waals surface area contributed by atoms with Gasteiger partial charge in [0.25, 0.3) is 0 Å². The second-order valence-electron chi connectivity index (χ2n) is 9.17. The van der Waals surface area contributed by atoms with E-state index in [1.54, 1.807) is 27.2 Å². The summed E-state index contributed by atoms with van der Waals surface area (Å²) in [5, 5.41) is 3.33. The van der Waals surface area contributed by atoms with Crippen molar-refractivity contribution in [1.82, 2.24) is 24.8 Å². The molecule has 0 saturated heterocycles. The summed E-state index contributed by atoms with van der Waals surface area (Å²) in [6, 6.07) is 6.56. The molecule has 1 aromatic carbocycles. The smallest absolute Gasteiger partial charge is 0.383 e. The van der Waals surface area contributed by atoms with E-state index in [9.17, 15) is 26.3 Å². The highest BCUT2D eigenvalue weighted by Crippen LogP contribution is 2.37. The third kappa shape index (κ3) is 8.87. The van der Waals surface area contributed by atoms with Crippen molar-refractivity contribution in [2.45, 2.75) is 25.9 Å². The van der Waals surface area contributed by atoms with Gasteiger partial charge in [0, 0.05) is 57.7 Å². The number of benzene rings is 1. The molecular formula is C28H32F6N6O2. The number of allylic oxidation sites excluding steroid dienone is 2. The highest BCUT2D eigenvalue weighted by Gasteiger charge is 2.34. The van der Waals surface area contributed by atoms with Crippen LogP contribution in [0.1, 0.15) is 18.3 Å². The first-order valence-corrected chi connectivity index (χ1v) is 12.8. The molecule has 1 N–H and O–H groups in total. The second-order valence-corrected chi connectivity index (χ2v) is 9.17. The van der Waals surface area contributed by atoms with E-state index in [4.69, 9.17) is 9.47 Å². The molecule has 228 valence electrons. The zero-order valence-electron chi connectivity index (χ0n) is 23.6. The molecule has 0 fully saturated rings. The molecule has 3 aromatic rings. The monoisotopic (exact) mass is 598 g/mol. The van der Waals surface area contributed by atoms with Gasteiger partial charge in [0.1, 0.15) is 11.6 Å². The summed E-state index contributed by atoms with van der Waals surface area (Å²) < 4.78 is 91.4. The van der Waals surface area contributed by atoms with E-state index in [2.05, 4.69) is 20.3 Å². The number of nitrogens with zero attached hydrogens (tertiary/aromatic N) is 5. The minimum atomic E-state index is -4.64. The molecule has 0 radical (unpaired) electrons. The molecule has 2 heterocycles. The zero-order valence-corrected chi connectivity index (χ0v) is 23.6. The topological polar surface area (TPSA) is 75.6 Å². The molecule has 3 rings (SSSR count). The Hall–Kier alpha value is -3.75. The van der Waals surface area contributed by atoms with E-state index < -0.39 is 18.0 Å². The van der Waals surface area contributed by atoms with Crippen LogP contribution < -0.4 is 5.32 Å². The van der Waals surface area contributed by atoms with Crippen molar-refractivity contribution in [2.75, 3.05) is 52.9 Å². The van der Waals surface area contributed by atoms with Crippen LogP contribution in [0.5, 0.6) is 0 Å². The van der Waals surface area contributed by atoms with Crippen molar-refractivity contribution in [3.05, 3.63) is 72.0 Å². The first-order valence-electron chi connectivity index (χ1n) is 12.8. The summed E-state index contributed by atoms with van der Waals surface area (Å²) in [5.74, 6) is 0.465. The number of nitrogens with one attached hydrogen (secondary N) is 1. The number of anilines is 1. The van der Waals surface area contributed by atoms with Crippen LogP contribution in [0.4, 0.5) is 32.2 Å². The molecule has 0 atom stereocenters. The van der Waals surface area contributed by atoms with Crippen molar-refractivity contribution in [3.8, 4) is 11.3 Å². The molecule has 0 aliphatic heterocycles. The first-order chi connectivity index (χ1) is 19.9. The van der Waals surface area contributed by atoms with Crippen LogP contribution >= 0.6 is 0 Å². The van der Waals surface area contributed by atoms with Crippen LogP contribution in [-0.4, -0.2) is 78.6 Å². The van der Waals surface area contributed by atoms with Crippen LogP contribution in [-0.2, 0) is 22.2 Å². The highest BCUT2D eigenvalue weighted by molar-refractivity contribution is 5.92. The van der Waals surface area contributed by atoms with Crippen LogP contribution in [0.15, 0.2) is 60.6 Å². The molecule has 0 aliphatic carbocycles. The van der Waals surface area contributed by atoms with Gasteiger partial charge in [0.2, 0.25) is 0 Å². The van der Waals surface area contributed by atoms with Gasteiger partial charge in [-0.3, -0.25) is 14.8 Å². The number of pyridine rings is 1. The summed E-state index contributed by atoms with van der Waals surface area (Å²) in [7, 11) is 3.99. The van der Waals surface area contributed by atoms with Gasteiger partial charge in [-0.15, -0.1) is 0 Å². The number of halogens is 6. The number of ether oxygens (including phenoxy) is 2. The Balaban J connectivity index is 2.17. The van der Waals surface area contributed by atoms with E-state index in [0.29, 0.717) is 31.7 Å². The number of fused-ring (bicyclic) bond motifs is 1. The largest absolute Gasteiger partial charge is 0.484 e. The lowest BCUT2D eigenvalue weighted by molar-refractivity contribution is -0.219. The molecule has 0 aliphatic rings. The zero-order chi connectivity index (χ0) is 30.9. The molecule has 0 amide bonds. The van der Waals surface area contributed by atoms with Gasteiger partial charge in [-0.1, -0.05) is 12.1 Å². The van der Waals surface area contributed by atoms with Gasteiger partial charge in [0.15, 0.2) is 0 Å². The number of hydrogen-bond donors (Lipinski definition) is 1. The lowest BCUT2D eigenvalue weighted by atomic mass is 10.0. The maximum Gasteiger partial charge on any atom is 0.484 e. The van der Waals surface area contributed by atoms with E-state index in [0.717, 1.165) is 19.3 Å². The van der Waals surface area contributed by atoms with Crippen molar-refractivity contribution in [1.29, 1.82) is 0 Å². The Labute approximate surface area is 239 Å². The summed E-state index contributed by atoms with van der Waals surface area (Å²) >= 11 is 0. The van der Waals surface area contributed by atoms with Crippen molar-refractivity contribution < 1.29 is 35.8 Å². The molecular weight excluding hydrogens is 566 g/mol. The van der Waals surface area contributed by atoms with Gasteiger partial charge in [-0.2, -0.15) is 26.3 Å². The highest BCUT2D eigenvalue weighted by atomic mass is 19.4. The third-order valence-electron chi connectivity index (χ3n) is 6.06. The minimum absolute atomic E-state index is 0.0760. The van der Waals surface area contributed by atoms with Gasteiger partial charge in [-0.05, 0) is 37.3 Å². The van der Waals surface area contributed by atoms with Crippen molar-refractivity contribution in [3.63, 3.8) is 0 Å².